The average molecular weight is 288 g/mol. The van der Waals surface area contributed by atoms with Crippen molar-refractivity contribution >= 4 is 11.3 Å². The van der Waals surface area contributed by atoms with Crippen molar-refractivity contribution in [2.24, 2.45) is 0 Å². The number of para-hydroxylation sites is 1. The van der Waals surface area contributed by atoms with E-state index in [2.05, 4.69) is 34.7 Å². The zero-order chi connectivity index (χ0) is 13.9. The molecule has 0 radical (unpaired) electrons. The van der Waals surface area contributed by atoms with Gasteiger partial charge in [0.1, 0.15) is 5.75 Å². The van der Waals surface area contributed by atoms with E-state index >= 15 is 0 Å². The highest BCUT2D eigenvalue weighted by Crippen LogP contribution is 2.40. The first-order chi connectivity index (χ1) is 9.76. The van der Waals surface area contributed by atoms with Crippen LogP contribution in [-0.4, -0.2) is 18.1 Å². The second kappa shape index (κ2) is 5.94. The van der Waals surface area contributed by atoms with E-state index < -0.39 is 0 Å². The van der Waals surface area contributed by atoms with Gasteiger partial charge < -0.3 is 10.1 Å². The molecule has 20 heavy (non-hydrogen) atoms. The van der Waals surface area contributed by atoms with Crippen molar-refractivity contribution in [1.29, 1.82) is 0 Å². The molecule has 0 spiro atoms. The number of ether oxygens (including phenoxy) is 1. The Kier molecular flexibility index (Phi) is 4.03. The highest BCUT2D eigenvalue weighted by molar-refractivity contribution is 7.09. The van der Waals surface area contributed by atoms with Crippen LogP contribution < -0.4 is 10.1 Å². The molecule has 1 aromatic heterocycles. The second-order valence-corrected chi connectivity index (χ2v) is 6.41. The van der Waals surface area contributed by atoms with Gasteiger partial charge in [-0.25, -0.2) is 4.98 Å². The van der Waals surface area contributed by atoms with Gasteiger partial charge in [-0.15, -0.1) is 11.3 Å². The minimum Gasteiger partial charge on any atom is -0.496 e. The lowest BCUT2D eigenvalue weighted by atomic mass is 9.75. The van der Waals surface area contributed by atoms with Gasteiger partial charge in [0.25, 0.3) is 0 Å². The van der Waals surface area contributed by atoms with Gasteiger partial charge in [-0.3, -0.25) is 0 Å². The topological polar surface area (TPSA) is 34.1 Å². The van der Waals surface area contributed by atoms with Gasteiger partial charge in [0.05, 0.1) is 17.8 Å². The fourth-order valence-corrected chi connectivity index (χ4v) is 3.39. The van der Waals surface area contributed by atoms with Crippen LogP contribution in [0.25, 0.3) is 0 Å². The van der Waals surface area contributed by atoms with Crippen LogP contribution in [0.1, 0.15) is 35.0 Å². The van der Waals surface area contributed by atoms with Crippen LogP contribution in [0.5, 0.6) is 5.75 Å². The largest absolute Gasteiger partial charge is 0.496 e. The quantitative estimate of drug-likeness (QED) is 0.914. The zero-order valence-corrected chi connectivity index (χ0v) is 12.7. The van der Waals surface area contributed by atoms with E-state index in [-0.39, 0.29) is 0 Å². The van der Waals surface area contributed by atoms with E-state index in [1.165, 1.54) is 18.4 Å². The Morgan fingerprint density at radius 3 is 2.85 bits per heavy atom. The van der Waals surface area contributed by atoms with Gasteiger partial charge in [0, 0.05) is 18.0 Å². The second-order valence-electron chi connectivity index (χ2n) is 5.35. The summed E-state index contributed by atoms with van der Waals surface area (Å²) < 4.78 is 5.44. The molecule has 1 aliphatic carbocycles. The van der Waals surface area contributed by atoms with Crippen molar-refractivity contribution in [2.45, 2.75) is 38.3 Å². The van der Waals surface area contributed by atoms with Gasteiger partial charge in [-0.2, -0.15) is 0 Å². The summed E-state index contributed by atoms with van der Waals surface area (Å²) in [4.78, 5) is 4.48. The Bertz CT molecular complexity index is 575. The summed E-state index contributed by atoms with van der Waals surface area (Å²) in [7, 11) is 1.75. The van der Waals surface area contributed by atoms with Gasteiger partial charge in [0.2, 0.25) is 0 Å². The minimum absolute atomic E-state index is 0.604. The molecule has 0 saturated heterocycles. The molecule has 1 N–H and O–H groups in total. The molecule has 0 amide bonds. The van der Waals surface area contributed by atoms with Gasteiger partial charge in [0.15, 0.2) is 0 Å². The molecule has 0 atom stereocenters. The monoisotopic (exact) mass is 288 g/mol. The maximum Gasteiger partial charge on any atom is 0.122 e. The fraction of sp³-hybridized carbons (Fsp3) is 0.438. The van der Waals surface area contributed by atoms with Crippen LogP contribution >= 0.6 is 11.3 Å². The summed E-state index contributed by atoms with van der Waals surface area (Å²) in [5, 5.41) is 6.87. The van der Waals surface area contributed by atoms with Gasteiger partial charge >= 0.3 is 0 Å². The SMILES string of the molecule is COc1ccccc1C1CC(NCc2csc(C)n2)C1. The minimum atomic E-state index is 0.604. The average Bonchev–Trinajstić information content (AvgIpc) is 2.83. The zero-order valence-electron chi connectivity index (χ0n) is 11.9. The standard InChI is InChI=1S/C16H20N2OS/c1-11-18-14(10-20-11)9-17-13-7-12(8-13)15-5-3-4-6-16(15)19-2/h3-6,10,12-13,17H,7-9H2,1-2H3. The Hall–Kier alpha value is -1.39. The Balaban J connectivity index is 1.51. The predicted molar refractivity (Wildman–Crippen MR) is 82.4 cm³/mol. The van der Waals surface area contributed by atoms with Crippen LogP contribution in [0.3, 0.4) is 0 Å². The van der Waals surface area contributed by atoms with Crippen LogP contribution in [0.2, 0.25) is 0 Å². The highest BCUT2D eigenvalue weighted by Gasteiger charge is 2.31. The van der Waals surface area contributed by atoms with E-state index in [0.29, 0.717) is 12.0 Å². The van der Waals surface area contributed by atoms with E-state index in [0.717, 1.165) is 23.0 Å². The first-order valence-corrected chi connectivity index (χ1v) is 7.91. The number of hydrogen-bond donors (Lipinski definition) is 1. The molecule has 1 aromatic carbocycles. The molecule has 0 unspecified atom stereocenters. The molecular weight excluding hydrogens is 268 g/mol. The predicted octanol–water partition coefficient (Wildman–Crippen LogP) is 3.50. The lowest BCUT2D eigenvalue weighted by Crippen LogP contribution is -2.39. The molecule has 0 bridgehead atoms. The van der Waals surface area contributed by atoms with Crippen molar-refractivity contribution in [3.63, 3.8) is 0 Å². The maximum absolute atomic E-state index is 5.44. The number of thiazole rings is 1. The summed E-state index contributed by atoms with van der Waals surface area (Å²) in [6.45, 7) is 2.93. The molecule has 1 aliphatic rings. The van der Waals surface area contributed by atoms with Crippen molar-refractivity contribution in [3.05, 3.63) is 45.9 Å². The van der Waals surface area contributed by atoms with Crippen LogP contribution in [0, 0.1) is 6.92 Å². The number of nitrogens with one attached hydrogen (secondary N) is 1. The van der Waals surface area contributed by atoms with Crippen molar-refractivity contribution in [3.8, 4) is 5.75 Å². The lowest BCUT2D eigenvalue weighted by Gasteiger charge is -2.36. The summed E-state index contributed by atoms with van der Waals surface area (Å²) in [6.07, 6.45) is 2.37. The first kappa shape index (κ1) is 13.6. The molecular formula is C16H20N2OS. The lowest BCUT2D eigenvalue weighted by molar-refractivity contribution is 0.281. The third-order valence-electron chi connectivity index (χ3n) is 3.96. The number of aryl methyl sites for hydroxylation is 1. The summed E-state index contributed by atoms with van der Waals surface area (Å²) >= 11 is 1.72. The summed E-state index contributed by atoms with van der Waals surface area (Å²) in [5.41, 5.74) is 2.51. The van der Waals surface area contributed by atoms with Crippen LogP contribution in [0.4, 0.5) is 0 Å². The summed E-state index contributed by atoms with van der Waals surface area (Å²) in [5.74, 6) is 1.65. The highest BCUT2D eigenvalue weighted by atomic mass is 32.1. The van der Waals surface area contributed by atoms with Crippen molar-refractivity contribution < 1.29 is 4.74 Å². The molecule has 4 heteroatoms. The van der Waals surface area contributed by atoms with E-state index in [9.17, 15) is 0 Å². The van der Waals surface area contributed by atoms with Gasteiger partial charge in [-0.1, -0.05) is 18.2 Å². The molecule has 0 aliphatic heterocycles. The molecule has 3 nitrogen and oxygen atoms in total. The number of benzene rings is 1. The number of aromatic nitrogens is 1. The number of hydrogen-bond acceptors (Lipinski definition) is 4. The molecule has 106 valence electrons. The molecule has 1 heterocycles. The number of rotatable bonds is 5. The smallest absolute Gasteiger partial charge is 0.122 e. The molecule has 2 aromatic rings. The van der Waals surface area contributed by atoms with E-state index in [1.54, 1.807) is 18.4 Å². The summed E-state index contributed by atoms with van der Waals surface area (Å²) in [6, 6.07) is 8.96. The van der Waals surface area contributed by atoms with Crippen molar-refractivity contribution in [1.82, 2.24) is 10.3 Å². The third kappa shape index (κ3) is 2.86. The Morgan fingerprint density at radius 2 is 2.15 bits per heavy atom. The third-order valence-corrected chi connectivity index (χ3v) is 4.78. The van der Waals surface area contributed by atoms with E-state index in [1.807, 2.05) is 12.1 Å². The van der Waals surface area contributed by atoms with Gasteiger partial charge in [-0.05, 0) is 37.3 Å². The Labute approximate surface area is 124 Å². The Morgan fingerprint density at radius 1 is 1.35 bits per heavy atom. The normalized spacial score (nSPS) is 21.5. The molecule has 1 saturated carbocycles. The number of nitrogens with zero attached hydrogens (tertiary/aromatic N) is 1. The maximum atomic E-state index is 5.44. The first-order valence-electron chi connectivity index (χ1n) is 7.03. The van der Waals surface area contributed by atoms with Crippen molar-refractivity contribution in [2.75, 3.05) is 7.11 Å². The molecule has 1 fully saturated rings. The van der Waals surface area contributed by atoms with Crippen LogP contribution in [0.15, 0.2) is 29.6 Å². The van der Waals surface area contributed by atoms with E-state index in [4.69, 9.17) is 4.74 Å². The van der Waals surface area contributed by atoms with Crippen LogP contribution in [-0.2, 0) is 6.54 Å². The molecule has 3 rings (SSSR count). The fourth-order valence-electron chi connectivity index (χ4n) is 2.78. The number of methoxy groups -OCH3 is 1.